The molecule has 2 aromatic heterocycles. The third-order valence-electron chi connectivity index (χ3n) is 4.46. The second-order valence-electron chi connectivity index (χ2n) is 6.59. The summed E-state index contributed by atoms with van der Waals surface area (Å²) in [6, 6.07) is 15.5. The molecule has 0 fully saturated rings. The van der Waals surface area contributed by atoms with Gasteiger partial charge in [0.15, 0.2) is 0 Å². The quantitative estimate of drug-likeness (QED) is 0.535. The number of carbonyl (C=O) groups excluding carboxylic acids is 1. The Bertz CT molecular complexity index is 1080. The van der Waals surface area contributed by atoms with Crippen LogP contribution >= 0.6 is 0 Å². The van der Waals surface area contributed by atoms with Crippen molar-refractivity contribution in [2.75, 3.05) is 0 Å². The molecule has 0 aliphatic carbocycles. The molecule has 0 aliphatic heterocycles. The van der Waals surface area contributed by atoms with Crippen molar-refractivity contribution >= 4 is 16.9 Å². The lowest BCUT2D eigenvalue weighted by Crippen LogP contribution is -2.24. The fourth-order valence-corrected chi connectivity index (χ4v) is 3.08. The van der Waals surface area contributed by atoms with Crippen LogP contribution in [0, 0.1) is 0 Å². The summed E-state index contributed by atoms with van der Waals surface area (Å²) in [6.45, 7) is 3.27. The summed E-state index contributed by atoms with van der Waals surface area (Å²) >= 11 is 0. The van der Waals surface area contributed by atoms with Crippen molar-refractivity contribution in [1.82, 2.24) is 25.0 Å². The Hall–Kier alpha value is -3.48. The molecule has 0 atom stereocenters. The van der Waals surface area contributed by atoms with Gasteiger partial charge in [-0.05, 0) is 30.2 Å². The molecule has 1 amide bonds. The van der Waals surface area contributed by atoms with Crippen LogP contribution in [-0.4, -0.2) is 25.6 Å². The van der Waals surface area contributed by atoms with Gasteiger partial charge < -0.3 is 14.4 Å². The topological polar surface area (TPSA) is 85.8 Å². The minimum atomic E-state index is -0.0890. The number of aryl methyl sites for hydroxylation is 1. The van der Waals surface area contributed by atoms with E-state index in [0.717, 1.165) is 35.1 Å². The first-order chi connectivity index (χ1) is 13.7. The van der Waals surface area contributed by atoms with Crippen LogP contribution in [0.4, 0.5) is 0 Å². The average Bonchev–Trinajstić information content (AvgIpc) is 3.34. The minimum absolute atomic E-state index is 0.0890. The highest BCUT2D eigenvalue weighted by Crippen LogP contribution is 2.22. The molecule has 4 rings (SSSR count). The Balaban J connectivity index is 1.41. The van der Waals surface area contributed by atoms with Gasteiger partial charge in [0, 0.05) is 12.1 Å². The largest absolute Gasteiger partial charge is 0.347 e. The van der Waals surface area contributed by atoms with Crippen LogP contribution < -0.4 is 5.32 Å². The third-order valence-corrected chi connectivity index (χ3v) is 4.46. The van der Waals surface area contributed by atoms with E-state index >= 15 is 0 Å². The van der Waals surface area contributed by atoms with Gasteiger partial charge in [0.2, 0.25) is 17.6 Å². The van der Waals surface area contributed by atoms with Gasteiger partial charge in [-0.1, -0.05) is 42.4 Å². The highest BCUT2D eigenvalue weighted by atomic mass is 16.5. The predicted octanol–water partition coefficient (Wildman–Crippen LogP) is 3.36. The van der Waals surface area contributed by atoms with Crippen molar-refractivity contribution in [2.45, 2.75) is 32.9 Å². The van der Waals surface area contributed by atoms with E-state index in [2.05, 4.69) is 31.9 Å². The molecular weight excluding hydrogens is 354 g/mol. The van der Waals surface area contributed by atoms with Crippen molar-refractivity contribution in [3.8, 4) is 11.4 Å². The SMILES string of the molecule is CCCn1cnc2cc(-c3noc(CNC(=O)Cc4ccccc4)n3)ccc21. The molecular formula is C21H21N5O2. The first-order valence-electron chi connectivity index (χ1n) is 9.31. The average molecular weight is 375 g/mol. The Morgan fingerprint density at radius 2 is 2.04 bits per heavy atom. The Labute approximate surface area is 162 Å². The molecule has 2 heterocycles. The van der Waals surface area contributed by atoms with Crippen LogP contribution in [0.2, 0.25) is 0 Å². The number of rotatable bonds is 7. The smallest absolute Gasteiger partial charge is 0.246 e. The van der Waals surface area contributed by atoms with E-state index in [9.17, 15) is 4.79 Å². The summed E-state index contributed by atoms with van der Waals surface area (Å²) in [6.07, 6.45) is 3.22. The molecule has 0 saturated carbocycles. The van der Waals surface area contributed by atoms with Crippen molar-refractivity contribution in [3.63, 3.8) is 0 Å². The highest BCUT2D eigenvalue weighted by molar-refractivity contribution is 5.80. The molecule has 0 saturated heterocycles. The molecule has 0 radical (unpaired) electrons. The van der Waals surface area contributed by atoms with E-state index in [0.29, 0.717) is 18.1 Å². The minimum Gasteiger partial charge on any atom is -0.347 e. The van der Waals surface area contributed by atoms with E-state index in [4.69, 9.17) is 4.52 Å². The molecule has 0 aliphatic rings. The number of carbonyl (C=O) groups is 1. The van der Waals surface area contributed by atoms with Gasteiger partial charge in [0.25, 0.3) is 0 Å². The van der Waals surface area contributed by atoms with Crippen LogP contribution in [0.25, 0.3) is 22.4 Å². The van der Waals surface area contributed by atoms with Gasteiger partial charge in [-0.25, -0.2) is 4.98 Å². The molecule has 142 valence electrons. The van der Waals surface area contributed by atoms with E-state index in [-0.39, 0.29) is 12.5 Å². The zero-order valence-corrected chi connectivity index (χ0v) is 15.6. The predicted molar refractivity (Wildman–Crippen MR) is 105 cm³/mol. The monoisotopic (exact) mass is 375 g/mol. The molecule has 0 bridgehead atoms. The van der Waals surface area contributed by atoms with Gasteiger partial charge in [-0.2, -0.15) is 4.98 Å². The van der Waals surface area contributed by atoms with Crippen LogP contribution in [0.1, 0.15) is 24.8 Å². The van der Waals surface area contributed by atoms with Gasteiger partial charge in [0.05, 0.1) is 30.3 Å². The Morgan fingerprint density at radius 3 is 2.86 bits per heavy atom. The van der Waals surface area contributed by atoms with E-state index < -0.39 is 0 Å². The number of imidazole rings is 1. The fourth-order valence-electron chi connectivity index (χ4n) is 3.08. The normalized spacial score (nSPS) is 11.0. The van der Waals surface area contributed by atoms with Crippen LogP contribution in [-0.2, 0) is 24.3 Å². The number of nitrogens with zero attached hydrogens (tertiary/aromatic N) is 4. The van der Waals surface area contributed by atoms with Gasteiger partial charge in [-0.3, -0.25) is 4.79 Å². The number of hydrogen-bond donors (Lipinski definition) is 1. The number of nitrogens with one attached hydrogen (secondary N) is 1. The molecule has 2 aromatic carbocycles. The second-order valence-corrected chi connectivity index (χ2v) is 6.59. The third kappa shape index (κ3) is 3.93. The lowest BCUT2D eigenvalue weighted by atomic mass is 10.1. The van der Waals surface area contributed by atoms with E-state index in [1.165, 1.54) is 0 Å². The molecule has 0 unspecified atom stereocenters. The first-order valence-corrected chi connectivity index (χ1v) is 9.31. The van der Waals surface area contributed by atoms with Crippen LogP contribution in [0.5, 0.6) is 0 Å². The van der Waals surface area contributed by atoms with Gasteiger partial charge in [-0.15, -0.1) is 0 Å². The molecule has 1 N–H and O–H groups in total. The van der Waals surface area contributed by atoms with Gasteiger partial charge >= 0.3 is 0 Å². The second kappa shape index (κ2) is 8.04. The number of benzene rings is 2. The van der Waals surface area contributed by atoms with Crippen molar-refractivity contribution in [2.24, 2.45) is 0 Å². The molecule has 0 spiro atoms. The Kier molecular flexibility index (Phi) is 5.14. The summed E-state index contributed by atoms with van der Waals surface area (Å²) in [4.78, 5) is 20.9. The summed E-state index contributed by atoms with van der Waals surface area (Å²) in [5.74, 6) is 0.765. The number of fused-ring (bicyclic) bond motifs is 1. The van der Waals surface area contributed by atoms with Crippen molar-refractivity contribution in [3.05, 3.63) is 66.3 Å². The highest BCUT2D eigenvalue weighted by Gasteiger charge is 2.12. The summed E-state index contributed by atoms with van der Waals surface area (Å²) in [5, 5.41) is 6.83. The molecule has 28 heavy (non-hydrogen) atoms. The standard InChI is InChI=1S/C21H21N5O2/c1-2-10-26-14-23-17-12-16(8-9-18(17)26)21-24-20(28-25-21)13-22-19(27)11-15-6-4-3-5-7-15/h3-9,12,14H,2,10-11,13H2,1H3,(H,22,27). The zero-order valence-electron chi connectivity index (χ0n) is 15.6. The molecule has 7 heteroatoms. The fraction of sp³-hybridized carbons (Fsp3) is 0.238. The maximum atomic E-state index is 12.1. The van der Waals surface area contributed by atoms with Gasteiger partial charge in [0.1, 0.15) is 0 Å². The van der Waals surface area contributed by atoms with E-state index in [1.54, 1.807) is 0 Å². The first kappa shape index (κ1) is 17.9. The zero-order chi connectivity index (χ0) is 19.3. The van der Waals surface area contributed by atoms with Crippen molar-refractivity contribution < 1.29 is 9.32 Å². The number of hydrogen-bond acceptors (Lipinski definition) is 5. The summed E-state index contributed by atoms with van der Waals surface area (Å²) < 4.78 is 7.40. The molecule has 4 aromatic rings. The molecule has 7 nitrogen and oxygen atoms in total. The summed E-state index contributed by atoms with van der Waals surface area (Å²) in [7, 11) is 0. The number of amides is 1. The Morgan fingerprint density at radius 1 is 1.18 bits per heavy atom. The van der Waals surface area contributed by atoms with E-state index in [1.807, 2.05) is 54.9 Å². The maximum Gasteiger partial charge on any atom is 0.246 e. The maximum absolute atomic E-state index is 12.1. The lowest BCUT2D eigenvalue weighted by Gasteiger charge is -2.02. The number of aromatic nitrogens is 4. The summed E-state index contributed by atoms with van der Waals surface area (Å²) in [5.41, 5.74) is 3.78. The van der Waals surface area contributed by atoms with Crippen LogP contribution in [0.15, 0.2) is 59.4 Å². The van der Waals surface area contributed by atoms with Crippen LogP contribution in [0.3, 0.4) is 0 Å². The van der Waals surface area contributed by atoms with Crippen molar-refractivity contribution in [1.29, 1.82) is 0 Å². The lowest BCUT2D eigenvalue weighted by molar-refractivity contribution is -0.120.